The van der Waals surface area contributed by atoms with Crippen molar-refractivity contribution in [1.29, 1.82) is 0 Å². The van der Waals surface area contributed by atoms with Crippen molar-refractivity contribution in [2.24, 2.45) is 51.8 Å². The number of aldehydes is 1. The predicted octanol–water partition coefficient (Wildman–Crippen LogP) is 8.05. The van der Waals surface area contributed by atoms with E-state index in [1.54, 1.807) is 0 Å². The average Bonchev–Trinajstić information content (AvgIpc) is 3.08. The van der Waals surface area contributed by atoms with Crippen molar-refractivity contribution in [3.05, 3.63) is 0 Å². The lowest BCUT2D eigenvalue weighted by Gasteiger charge is -2.64. The third-order valence-electron chi connectivity index (χ3n) is 12.0. The Hall–Kier alpha value is -0.153. The monoisotopic (exact) mass is 474 g/mol. The molecule has 4 aliphatic rings. The number of hydrogen-bond donors (Lipinski definition) is 0. The van der Waals surface area contributed by atoms with E-state index in [9.17, 15) is 4.79 Å². The minimum atomic E-state index is -1.09. The van der Waals surface area contributed by atoms with Gasteiger partial charge in [0.05, 0.1) is 5.60 Å². The van der Waals surface area contributed by atoms with Crippen molar-refractivity contribution < 1.29 is 9.22 Å². The normalized spacial score (nSPS) is 46.4. The van der Waals surface area contributed by atoms with Crippen molar-refractivity contribution in [2.45, 2.75) is 131 Å². The van der Waals surface area contributed by atoms with Gasteiger partial charge in [-0.05, 0) is 129 Å². The molecule has 4 rings (SSSR count). The summed E-state index contributed by atoms with van der Waals surface area (Å²) < 4.78 is 6.95. The zero-order chi connectivity index (χ0) is 24.2. The highest BCUT2D eigenvalue weighted by molar-refractivity contribution is 6.48. The van der Waals surface area contributed by atoms with Crippen LogP contribution in [0.25, 0.3) is 0 Å². The quantitative estimate of drug-likeness (QED) is 0.287. The molecule has 9 atom stereocenters. The maximum atomic E-state index is 11.0. The Morgan fingerprint density at radius 3 is 2.30 bits per heavy atom. The van der Waals surface area contributed by atoms with E-state index in [0.717, 1.165) is 48.7 Å². The fourth-order valence-electron chi connectivity index (χ4n) is 10.2. The summed E-state index contributed by atoms with van der Waals surface area (Å²) in [6.45, 7) is 19.9. The van der Waals surface area contributed by atoms with Crippen LogP contribution >= 0.6 is 0 Å². The van der Waals surface area contributed by atoms with E-state index in [2.05, 4.69) is 54.6 Å². The van der Waals surface area contributed by atoms with E-state index in [1.165, 1.54) is 57.8 Å². The van der Waals surface area contributed by atoms with Crippen LogP contribution in [0.15, 0.2) is 0 Å². The standard InChI is InChI=1S/C30H54O2Si/c1-21(10-9-19-31)24-13-14-25-23-12-11-22-20-30(27(2,3)4,32-33(7)8)18-17-28(22,5)26(23)15-16-29(24,25)6/h19,21-26,33H,9-18,20H2,1-8H3/t21-,22-,23+,24-,25+,26+,28+,29-,30+/m1/s1. The maximum Gasteiger partial charge on any atom is 0.171 e. The van der Waals surface area contributed by atoms with Gasteiger partial charge in [-0.15, -0.1) is 0 Å². The highest BCUT2D eigenvalue weighted by Crippen LogP contribution is 2.69. The molecule has 0 spiro atoms. The molecule has 0 aromatic rings. The Morgan fingerprint density at radius 1 is 0.970 bits per heavy atom. The van der Waals surface area contributed by atoms with Crippen molar-refractivity contribution >= 4 is 15.3 Å². The summed E-state index contributed by atoms with van der Waals surface area (Å²) in [5.41, 5.74) is 1.36. The molecule has 0 heterocycles. The van der Waals surface area contributed by atoms with Gasteiger partial charge in [-0.3, -0.25) is 0 Å². The van der Waals surface area contributed by atoms with Gasteiger partial charge in [0, 0.05) is 6.42 Å². The summed E-state index contributed by atoms with van der Waals surface area (Å²) in [4.78, 5) is 11.0. The molecule has 4 fully saturated rings. The first kappa shape index (κ1) is 25.9. The molecular formula is C30H54O2Si. The molecule has 0 amide bonds. The molecule has 0 N–H and O–H groups in total. The van der Waals surface area contributed by atoms with Crippen LogP contribution in [0.1, 0.15) is 112 Å². The second kappa shape index (κ2) is 9.06. The molecule has 0 aromatic heterocycles. The minimum Gasteiger partial charge on any atom is -0.415 e. The van der Waals surface area contributed by atoms with Gasteiger partial charge in [-0.1, -0.05) is 41.5 Å². The first-order valence-electron chi connectivity index (χ1n) is 14.5. The lowest BCUT2D eigenvalue weighted by molar-refractivity contribution is -0.170. The second-order valence-corrected chi connectivity index (χ2v) is 17.1. The summed E-state index contributed by atoms with van der Waals surface area (Å²) in [6.07, 6.45) is 15.5. The Kier molecular flexibility index (Phi) is 7.11. The summed E-state index contributed by atoms with van der Waals surface area (Å²) >= 11 is 0. The van der Waals surface area contributed by atoms with Gasteiger partial charge < -0.3 is 9.22 Å². The van der Waals surface area contributed by atoms with Gasteiger partial charge >= 0.3 is 0 Å². The number of hydrogen-bond acceptors (Lipinski definition) is 2. The van der Waals surface area contributed by atoms with Crippen LogP contribution < -0.4 is 0 Å². The number of rotatable bonds is 6. The van der Waals surface area contributed by atoms with Crippen molar-refractivity contribution in [1.82, 2.24) is 0 Å². The van der Waals surface area contributed by atoms with Crippen LogP contribution in [-0.4, -0.2) is 20.9 Å². The molecule has 3 heteroatoms. The van der Waals surface area contributed by atoms with Crippen LogP contribution in [0.5, 0.6) is 0 Å². The Labute approximate surface area is 207 Å². The maximum absolute atomic E-state index is 11.0. The lowest BCUT2D eigenvalue weighted by Crippen LogP contribution is -2.59. The zero-order valence-electron chi connectivity index (χ0n) is 23.2. The molecule has 0 unspecified atom stereocenters. The van der Waals surface area contributed by atoms with Crippen LogP contribution in [0.3, 0.4) is 0 Å². The van der Waals surface area contributed by atoms with Crippen molar-refractivity contribution in [3.8, 4) is 0 Å². The molecule has 4 saturated carbocycles. The fourth-order valence-corrected chi connectivity index (χ4v) is 11.6. The molecule has 0 radical (unpaired) electrons. The van der Waals surface area contributed by atoms with Gasteiger partial charge in [0.1, 0.15) is 6.29 Å². The summed E-state index contributed by atoms with van der Waals surface area (Å²) in [6, 6.07) is 0. The first-order valence-corrected chi connectivity index (χ1v) is 17.3. The molecular weight excluding hydrogens is 420 g/mol. The fraction of sp³-hybridized carbons (Fsp3) is 0.967. The zero-order valence-corrected chi connectivity index (χ0v) is 24.4. The SMILES string of the molecule is C[C@H](CCC=O)[C@H]1CC[C@H]2[C@@H]3CC[C@@H]4C[C@](O[SiH](C)C)(C(C)(C)C)CC[C@]4(C)[C@H]3CC[C@]12C. The highest BCUT2D eigenvalue weighted by atomic mass is 28.3. The van der Waals surface area contributed by atoms with E-state index in [0.29, 0.717) is 16.7 Å². The molecule has 33 heavy (non-hydrogen) atoms. The van der Waals surface area contributed by atoms with E-state index in [-0.39, 0.29) is 11.0 Å². The smallest absolute Gasteiger partial charge is 0.171 e. The topological polar surface area (TPSA) is 26.3 Å². The molecule has 0 saturated heterocycles. The van der Waals surface area contributed by atoms with Gasteiger partial charge in [0.2, 0.25) is 0 Å². The Balaban J connectivity index is 1.54. The van der Waals surface area contributed by atoms with Crippen LogP contribution in [0.4, 0.5) is 0 Å². The third kappa shape index (κ3) is 4.24. The van der Waals surface area contributed by atoms with Gasteiger partial charge in [0.15, 0.2) is 9.04 Å². The van der Waals surface area contributed by atoms with Gasteiger partial charge in [0.25, 0.3) is 0 Å². The van der Waals surface area contributed by atoms with Crippen molar-refractivity contribution in [2.75, 3.05) is 0 Å². The van der Waals surface area contributed by atoms with Gasteiger partial charge in [-0.2, -0.15) is 0 Å². The highest BCUT2D eigenvalue weighted by Gasteiger charge is 2.62. The Bertz CT molecular complexity index is 713. The summed E-state index contributed by atoms with van der Waals surface area (Å²) in [7, 11) is -1.09. The van der Waals surface area contributed by atoms with E-state index in [4.69, 9.17) is 4.43 Å². The number of carbonyl (C=O) groups excluding carboxylic acids is 1. The van der Waals surface area contributed by atoms with E-state index >= 15 is 0 Å². The number of fused-ring (bicyclic) bond motifs is 5. The molecule has 190 valence electrons. The number of carbonyl (C=O) groups is 1. The summed E-state index contributed by atoms with van der Waals surface area (Å²) in [5, 5.41) is 0. The first-order chi connectivity index (χ1) is 15.4. The Morgan fingerprint density at radius 2 is 1.67 bits per heavy atom. The van der Waals surface area contributed by atoms with Crippen LogP contribution in [-0.2, 0) is 9.22 Å². The minimum absolute atomic E-state index is 0.0973. The largest absolute Gasteiger partial charge is 0.415 e. The van der Waals surface area contributed by atoms with E-state index in [1.807, 2.05) is 0 Å². The summed E-state index contributed by atoms with van der Waals surface area (Å²) in [5.74, 6) is 5.16. The molecule has 4 aliphatic carbocycles. The van der Waals surface area contributed by atoms with Crippen LogP contribution in [0, 0.1) is 51.8 Å². The molecule has 0 bridgehead atoms. The molecule has 0 aliphatic heterocycles. The second-order valence-electron chi connectivity index (χ2n) is 14.7. The predicted molar refractivity (Wildman–Crippen MR) is 142 cm³/mol. The average molecular weight is 475 g/mol. The molecule has 0 aromatic carbocycles. The molecule has 2 nitrogen and oxygen atoms in total. The van der Waals surface area contributed by atoms with Crippen LogP contribution in [0.2, 0.25) is 13.1 Å². The van der Waals surface area contributed by atoms with Gasteiger partial charge in [-0.25, -0.2) is 0 Å². The lowest BCUT2D eigenvalue weighted by atomic mass is 9.42. The van der Waals surface area contributed by atoms with E-state index < -0.39 is 9.04 Å². The third-order valence-corrected chi connectivity index (χ3v) is 13.0. The van der Waals surface area contributed by atoms with Crippen molar-refractivity contribution in [3.63, 3.8) is 0 Å².